The van der Waals surface area contributed by atoms with Crippen molar-refractivity contribution in [3.8, 4) is 5.75 Å². The monoisotopic (exact) mass is 539 g/mol. The molecule has 5 nitrogen and oxygen atoms in total. The standard InChI is InChI=1S/C20H19BrIN3O2/c1-13-10-16(19(22)17(21)11-13)20(26)24(2)18-8-9-23-25(18)12-14-4-6-15(27-3)7-5-14/h4-11H,12H2,1-3H3. The molecule has 7 heteroatoms. The molecule has 0 saturated carbocycles. The van der Waals surface area contributed by atoms with Gasteiger partial charge in [0.1, 0.15) is 11.6 Å². The Labute approximate surface area is 180 Å². The molecule has 0 radical (unpaired) electrons. The molecule has 0 saturated heterocycles. The molecule has 2 aromatic carbocycles. The number of ether oxygens (including phenoxy) is 1. The topological polar surface area (TPSA) is 47.4 Å². The number of aromatic nitrogens is 2. The third-order valence-corrected chi connectivity index (χ3v) is 6.77. The van der Waals surface area contributed by atoms with Crippen molar-refractivity contribution in [2.24, 2.45) is 0 Å². The number of rotatable bonds is 5. The van der Waals surface area contributed by atoms with Crippen molar-refractivity contribution in [1.82, 2.24) is 9.78 Å². The van der Waals surface area contributed by atoms with E-state index in [9.17, 15) is 4.79 Å². The van der Waals surface area contributed by atoms with Crippen molar-refractivity contribution >= 4 is 50.2 Å². The minimum Gasteiger partial charge on any atom is -0.497 e. The van der Waals surface area contributed by atoms with Crippen molar-refractivity contribution in [1.29, 1.82) is 0 Å². The molecule has 0 atom stereocenters. The lowest BCUT2D eigenvalue weighted by molar-refractivity contribution is 0.0990. The number of hydrogen-bond acceptors (Lipinski definition) is 3. The molecule has 0 N–H and O–H groups in total. The van der Waals surface area contributed by atoms with Crippen LogP contribution in [0.5, 0.6) is 5.75 Å². The molecule has 0 aliphatic rings. The van der Waals surface area contributed by atoms with Crippen LogP contribution in [0.1, 0.15) is 21.5 Å². The molecule has 0 unspecified atom stereocenters. The third kappa shape index (κ3) is 4.35. The molecule has 0 spiro atoms. The van der Waals surface area contributed by atoms with Crippen LogP contribution < -0.4 is 9.64 Å². The molecule has 1 heterocycles. The Balaban J connectivity index is 1.87. The summed E-state index contributed by atoms with van der Waals surface area (Å²) < 4.78 is 8.84. The Morgan fingerprint density at radius 2 is 1.96 bits per heavy atom. The number of hydrogen-bond donors (Lipinski definition) is 0. The highest BCUT2D eigenvalue weighted by Crippen LogP contribution is 2.27. The van der Waals surface area contributed by atoms with E-state index in [4.69, 9.17) is 4.74 Å². The van der Waals surface area contributed by atoms with E-state index in [-0.39, 0.29) is 5.91 Å². The van der Waals surface area contributed by atoms with E-state index < -0.39 is 0 Å². The second kappa shape index (κ2) is 8.43. The first-order chi connectivity index (χ1) is 12.9. The second-order valence-electron chi connectivity index (χ2n) is 6.17. The summed E-state index contributed by atoms with van der Waals surface area (Å²) in [6, 6.07) is 13.6. The first kappa shape index (κ1) is 19.9. The van der Waals surface area contributed by atoms with Crippen LogP contribution in [0.15, 0.2) is 53.1 Å². The normalized spacial score (nSPS) is 10.7. The number of amides is 1. The molecule has 27 heavy (non-hydrogen) atoms. The molecule has 140 valence electrons. The van der Waals surface area contributed by atoms with E-state index in [2.05, 4.69) is 43.6 Å². The van der Waals surface area contributed by atoms with E-state index in [1.165, 1.54) is 0 Å². The highest BCUT2D eigenvalue weighted by Gasteiger charge is 2.21. The molecule has 0 bridgehead atoms. The van der Waals surface area contributed by atoms with Crippen LogP contribution in [0.25, 0.3) is 0 Å². The number of methoxy groups -OCH3 is 1. The van der Waals surface area contributed by atoms with Gasteiger partial charge in [0.25, 0.3) is 5.91 Å². The smallest absolute Gasteiger partial charge is 0.260 e. The van der Waals surface area contributed by atoms with Gasteiger partial charge >= 0.3 is 0 Å². The van der Waals surface area contributed by atoms with Crippen LogP contribution >= 0.6 is 38.5 Å². The van der Waals surface area contributed by atoms with E-state index in [1.807, 2.05) is 54.1 Å². The zero-order valence-corrected chi connectivity index (χ0v) is 19.0. The van der Waals surface area contributed by atoms with Gasteiger partial charge in [-0.15, -0.1) is 0 Å². The molecule has 1 amide bonds. The first-order valence-electron chi connectivity index (χ1n) is 8.29. The SMILES string of the molecule is COc1ccc(Cn2nccc2N(C)C(=O)c2cc(C)cc(Br)c2I)cc1. The van der Waals surface area contributed by atoms with Gasteiger partial charge in [0.2, 0.25) is 0 Å². The Morgan fingerprint density at radius 3 is 2.63 bits per heavy atom. The largest absolute Gasteiger partial charge is 0.497 e. The van der Waals surface area contributed by atoms with Gasteiger partial charge in [-0.3, -0.25) is 9.69 Å². The number of halogens is 2. The summed E-state index contributed by atoms with van der Waals surface area (Å²) in [6.45, 7) is 2.55. The lowest BCUT2D eigenvalue weighted by atomic mass is 10.1. The fourth-order valence-electron chi connectivity index (χ4n) is 2.80. The Bertz CT molecular complexity index is 970. The Hall–Kier alpha value is -1.87. The highest BCUT2D eigenvalue weighted by atomic mass is 127. The van der Waals surface area contributed by atoms with Gasteiger partial charge in [-0.25, -0.2) is 4.68 Å². The molecule has 0 aliphatic heterocycles. The maximum atomic E-state index is 13.1. The first-order valence-corrected chi connectivity index (χ1v) is 10.2. The fraction of sp³-hybridized carbons (Fsp3) is 0.200. The number of benzene rings is 2. The van der Waals surface area contributed by atoms with Crippen molar-refractivity contribution in [3.63, 3.8) is 0 Å². The molecule has 3 rings (SSSR count). The van der Waals surface area contributed by atoms with Crippen molar-refractivity contribution in [2.75, 3.05) is 19.1 Å². The number of carbonyl (C=O) groups is 1. The van der Waals surface area contributed by atoms with Crippen LogP contribution in [0.2, 0.25) is 0 Å². The summed E-state index contributed by atoms with van der Waals surface area (Å²) in [6.07, 6.45) is 1.71. The van der Waals surface area contributed by atoms with E-state index >= 15 is 0 Å². The van der Waals surface area contributed by atoms with E-state index in [0.717, 1.165) is 30.7 Å². The van der Waals surface area contributed by atoms with Crippen LogP contribution in [-0.4, -0.2) is 29.8 Å². The molecule has 3 aromatic rings. The molecule has 0 fully saturated rings. The lowest BCUT2D eigenvalue weighted by Gasteiger charge is -2.20. The highest BCUT2D eigenvalue weighted by molar-refractivity contribution is 14.1. The van der Waals surface area contributed by atoms with E-state index in [1.54, 1.807) is 25.3 Å². The summed E-state index contributed by atoms with van der Waals surface area (Å²) in [7, 11) is 3.42. The maximum Gasteiger partial charge on any atom is 0.260 e. The molecule has 1 aromatic heterocycles. The number of carbonyl (C=O) groups excluding carboxylic acids is 1. The number of aryl methyl sites for hydroxylation is 1. The van der Waals surface area contributed by atoms with Gasteiger partial charge < -0.3 is 4.74 Å². The van der Waals surface area contributed by atoms with Crippen molar-refractivity contribution in [3.05, 3.63) is 73.4 Å². The summed E-state index contributed by atoms with van der Waals surface area (Å²) in [4.78, 5) is 14.7. The predicted octanol–water partition coefficient (Wildman–Crippen LogP) is 4.89. The van der Waals surface area contributed by atoms with Crippen LogP contribution in [0, 0.1) is 10.5 Å². The summed E-state index contributed by atoms with van der Waals surface area (Å²) in [5, 5.41) is 4.39. The predicted molar refractivity (Wildman–Crippen MR) is 119 cm³/mol. The van der Waals surface area contributed by atoms with Gasteiger partial charge in [-0.2, -0.15) is 5.10 Å². The van der Waals surface area contributed by atoms with Gasteiger partial charge in [-0.05, 0) is 80.8 Å². The quantitative estimate of drug-likeness (QED) is 0.434. The van der Waals surface area contributed by atoms with Gasteiger partial charge in [0.05, 0.1) is 25.4 Å². The average Bonchev–Trinajstić information content (AvgIpc) is 3.12. The third-order valence-electron chi connectivity index (χ3n) is 4.24. The Morgan fingerprint density at radius 1 is 1.26 bits per heavy atom. The van der Waals surface area contributed by atoms with Crippen molar-refractivity contribution in [2.45, 2.75) is 13.5 Å². The summed E-state index contributed by atoms with van der Waals surface area (Å²) in [5.74, 6) is 1.48. The maximum absolute atomic E-state index is 13.1. The van der Waals surface area contributed by atoms with E-state index in [0.29, 0.717) is 12.1 Å². The lowest BCUT2D eigenvalue weighted by Crippen LogP contribution is -2.29. The van der Waals surface area contributed by atoms with Crippen LogP contribution in [0.4, 0.5) is 5.82 Å². The van der Waals surface area contributed by atoms with Crippen LogP contribution in [0.3, 0.4) is 0 Å². The molecular formula is C20H19BrIN3O2. The number of nitrogens with zero attached hydrogens (tertiary/aromatic N) is 3. The summed E-state index contributed by atoms with van der Waals surface area (Å²) in [5.41, 5.74) is 2.78. The molecule has 0 aliphatic carbocycles. The minimum absolute atomic E-state index is 0.0692. The zero-order valence-electron chi connectivity index (χ0n) is 15.2. The molecular weight excluding hydrogens is 521 g/mol. The van der Waals surface area contributed by atoms with Gasteiger partial charge in [0, 0.05) is 21.2 Å². The van der Waals surface area contributed by atoms with Crippen molar-refractivity contribution < 1.29 is 9.53 Å². The summed E-state index contributed by atoms with van der Waals surface area (Å²) >= 11 is 5.72. The minimum atomic E-state index is -0.0692. The fourth-order valence-corrected chi connectivity index (χ4v) is 3.92. The van der Waals surface area contributed by atoms with Gasteiger partial charge in [-0.1, -0.05) is 12.1 Å². The Kier molecular flexibility index (Phi) is 6.21. The zero-order chi connectivity index (χ0) is 19.6. The van der Waals surface area contributed by atoms with Crippen LogP contribution in [-0.2, 0) is 6.54 Å². The second-order valence-corrected chi connectivity index (χ2v) is 8.10. The van der Waals surface area contributed by atoms with Gasteiger partial charge in [0.15, 0.2) is 0 Å². The number of anilines is 1. The average molecular weight is 540 g/mol.